The zero-order valence-electron chi connectivity index (χ0n) is 9.07. The van der Waals surface area contributed by atoms with Crippen molar-refractivity contribution in [2.45, 2.75) is 0 Å². The predicted molar refractivity (Wildman–Crippen MR) is 67.8 cm³/mol. The zero-order chi connectivity index (χ0) is 12.3. The van der Waals surface area contributed by atoms with E-state index in [9.17, 15) is 4.79 Å². The molecular weight excluding hydrogens is 286 g/mol. The Morgan fingerprint density at radius 3 is 2.53 bits per heavy atom. The average Bonchev–Trinajstić information content (AvgIpc) is 2.33. The zero-order valence-corrected chi connectivity index (χ0v) is 10.7. The lowest BCUT2D eigenvalue weighted by atomic mass is 10.3. The number of halogens is 1. The third-order valence-electron chi connectivity index (χ3n) is 2.13. The summed E-state index contributed by atoms with van der Waals surface area (Å²) in [5.74, 6) is 1.74. The van der Waals surface area contributed by atoms with Crippen LogP contribution in [0.15, 0.2) is 45.8 Å². The molecule has 1 aromatic carbocycles. The van der Waals surface area contributed by atoms with Crippen LogP contribution in [0.1, 0.15) is 0 Å². The fourth-order valence-corrected chi connectivity index (χ4v) is 1.74. The molecule has 0 aliphatic carbocycles. The number of rotatable bonds is 3. The van der Waals surface area contributed by atoms with Crippen molar-refractivity contribution in [2.75, 3.05) is 7.11 Å². The van der Waals surface area contributed by atoms with Crippen LogP contribution < -0.4 is 15.0 Å². The van der Waals surface area contributed by atoms with Gasteiger partial charge in [-0.2, -0.15) is 0 Å². The Kier molecular flexibility index (Phi) is 3.49. The van der Waals surface area contributed by atoms with Gasteiger partial charge in [0.05, 0.1) is 11.6 Å². The lowest BCUT2D eigenvalue weighted by Crippen LogP contribution is -2.03. The van der Waals surface area contributed by atoms with Gasteiger partial charge in [-0.1, -0.05) is 12.1 Å². The minimum Gasteiger partial charge on any atom is -0.493 e. The number of nitrogens with one attached hydrogen (secondary N) is 1. The lowest BCUT2D eigenvalue weighted by Gasteiger charge is -2.10. The Hall–Kier alpha value is -1.75. The van der Waals surface area contributed by atoms with Gasteiger partial charge in [-0.05, 0) is 28.1 Å². The lowest BCUT2D eigenvalue weighted by molar-refractivity contribution is 0.377. The molecule has 0 saturated carbocycles. The second-order valence-electron chi connectivity index (χ2n) is 3.26. The van der Waals surface area contributed by atoms with E-state index in [4.69, 9.17) is 9.47 Å². The van der Waals surface area contributed by atoms with Crippen LogP contribution in [0.5, 0.6) is 17.2 Å². The van der Waals surface area contributed by atoms with Crippen molar-refractivity contribution in [3.63, 3.8) is 0 Å². The van der Waals surface area contributed by atoms with Crippen LogP contribution in [0.3, 0.4) is 0 Å². The fraction of sp³-hybridized carbons (Fsp3) is 0.0833. The maximum atomic E-state index is 11.1. The van der Waals surface area contributed by atoms with Crippen molar-refractivity contribution >= 4 is 15.9 Å². The summed E-state index contributed by atoms with van der Waals surface area (Å²) in [6.45, 7) is 0. The van der Waals surface area contributed by atoms with E-state index in [-0.39, 0.29) is 5.56 Å². The van der Waals surface area contributed by atoms with Crippen LogP contribution in [0.4, 0.5) is 0 Å². The van der Waals surface area contributed by atoms with Gasteiger partial charge in [0, 0.05) is 12.3 Å². The van der Waals surface area contributed by atoms with E-state index in [1.807, 2.05) is 12.1 Å². The van der Waals surface area contributed by atoms with E-state index >= 15 is 0 Å². The normalized spacial score (nSPS) is 10.0. The standard InChI is InChI=1S/C12H10BrNO3/c1-16-9-4-2-3-5-10(9)17-11-7-14-12(15)6-8(11)13/h2-7H,1H3,(H,14,15). The molecule has 2 aromatic rings. The Balaban J connectivity index is 2.34. The molecule has 1 heterocycles. The van der Waals surface area contributed by atoms with Gasteiger partial charge in [0.1, 0.15) is 0 Å². The molecule has 0 amide bonds. The minimum atomic E-state index is -0.191. The third kappa shape index (κ3) is 2.68. The molecule has 0 atom stereocenters. The summed E-state index contributed by atoms with van der Waals surface area (Å²) in [6.07, 6.45) is 1.50. The Labute approximate surface area is 106 Å². The number of methoxy groups -OCH3 is 1. The van der Waals surface area contributed by atoms with Crippen molar-refractivity contribution in [3.8, 4) is 17.2 Å². The molecule has 17 heavy (non-hydrogen) atoms. The summed E-state index contributed by atoms with van der Waals surface area (Å²) < 4.78 is 11.4. The fourth-order valence-electron chi connectivity index (χ4n) is 1.33. The first-order valence-corrected chi connectivity index (χ1v) is 5.69. The number of aromatic nitrogens is 1. The summed E-state index contributed by atoms with van der Waals surface area (Å²) in [5.41, 5.74) is -0.191. The number of hydrogen-bond donors (Lipinski definition) is 1. The summed E-state index contributed by atoms with van der Waals surface area (Å²) in [4.78, 5) is 13.6. The Morgan fingerprint density at radius 2 is 1.88 bits per heavy atom. The predicted octanol–water partition coefficient (Wildman–Crippen LogP) is 2.94. The van der Waals surface area contributed by atoms with E-state index in [0.717, 1.165) is 0 Å². The molecule has 5 heteroatoms. The van der Waals surface area contributed by atoms with Gasteiger partial charge in [0.15, 0.2) is 17.2 Å². The van der Waals surface area contributed by atoms with Crippen LogP contribution >= 0.6 is 15.9 Å². The third-order valence-corrected chi connectivity index (χ3v) is 2.75. The largest absolute Gasteiger partial charge is 0.493 e. The second kappa shape index (κ2) is 5.05. The Morgan fingerprint density at radius 1 is 1.18 bits per heavy atom. The molecule has 88 valence electrons. The summed E-state index contributed by atoms with van der Waals surface area (Å²) in [6, 6.07) is 8.70. The summed E-state index contributed by atoms with van der Waals surface area (Å²) >= 11 is 3.27. The van der Waals surface area contributed by atoms with E-state index < -0.39 is 0 Å². The number of pyridine rings is 1. The van der Waals surface area contributed by atoms with Crippen molar-refractivity contribution in [3.05, 3.63) is 51.4 Å². The summed E-state index contributed by atoms with van der Waals surface area (Å²) in [7, 11) is 1.57. The molecule has 0 unspecified atom stereocenters. The SMILES string of the molecule is COc1ccccc1Oc1c[nH]c(=O)cc1Br. The highest BCUT2D eigenvalue weighted by Gasteiger charge is 2.07. The van der Waals surface area contributed by atoms with Gasteiger partial charge in [0.25, 0.3) is 0 Å². The molecule has 0 saturated heterocycles. The van der Waals surface area contributed by atoms with Crippen molar-refractivity contribution < 1.29 is 9.47 Å². The monoisotopic (exact) mass is 295 g/mol. The highest BCUT2D eigenvalue weighted by Crippen LogP contribution is 2.33. The molecule has 2 rings (SSSR count). The second-order valence-corrected chi connectivity index (χ2v) is 4.12. The van der Waals surface area contributed by atoms with Crippen LogP contribution in [0.25, 0.3) is 0 Å². The topological polar surface area (TPSA) is 51.3 Å². The van der Waals surface area contributed by atoms with Crippen LogP contribution in [0, 0.1) is 0 Å². The maximum Gasteiger partial charge on any atom is 0.249 e. The van der Waals surface area contributed by atoms with Gasteiger partial charge in [0.2, 0.25) is 5.56 Å². The van der Waals surface area contributed by atoms with E-state index in [0.29, 0.717) is 21.7 Å². The maximum absolute atomic E-state index is 11.1. The van der Waals surface area contributed by atoms with Gasteiger partial charge in [-0.15, -0.1) is 0 Å². The van der Waals surface area contributed by atoms with Crippen LogP contribution in [-0.4, -0.2) is 12.1 Å². The molecule has 1 aromatic heterocycles. The number of aromatic amines is 1. The average molecular weight is 296 g/mol. The molecule has 0 spiro atoms. The molecular formula is C12H10BrNO3. The molecule has 4 nitrogen and oxygen atoms in total. The van der Waals surface area contributed by atoms with Gasteiger partial charge in [-0.25, -0.2) is 0 Å². The first-order chi connectivity index (χ1) is 8.20. The van der Waals surface area contributed by atoms with Crippen LogP contribution in [-0.2, 0) is 0 Å². The molecule has 0 fully saturated rings. The smallest absolute Gasteiger partial charge is 0.249 e. The minimum absolute atomic E-state index is 0.191. The van der Waals surface area contributed by atoms with Crippen molar-refractivity contribution in [2.24, 2.45) is 0 Å². The quantitative estimate of drug-likeness (QED) is 0.947. The molecule has 0 radical (unpaired) electrons. The van der Waals surface area contributed by atoms with E-state index in [2.05, 4.69) is 20.9 Å². The number of ether oxygens (including phenoxy) is 2. The first kappa shape index (κ1) is 11.7. The van der Waals surface area contributed by atoms with E-state index in [1.165, 1.54) is 12.3 Å². The molecule has 1 N–H and O–H groups in total. The highest BCUT2D eigenvalue weighted by atomic mass is 79.9. The number of H-pyrrole nitrogens is 1. The molecule has 0 bridgehead atoms. The first-order valence-electron chi connectivity index (χ1n) is 4.90. The van der Waals surface area contributed by atoms with Crippen molar-refractivity contribution in [1.29, 1.82) is 0 Å². The van der Waals surface area contributed by atoms with Gasteiger partial charge >= 0.3 is 0 Å². The highest BCUT2D eigenvalue weighted by molar-refractivity contribution is 9.10. The van der Waals surface area contributed by atoms with Gasteiger partial charge < -0.3 is 14.5 Å². The van der Waals surface area contributed by atoms with Crippen molar-refractivity contribution in [1.82, 2.24) is 4.98 Å². The summed E-state index contributed by atoms with van der Waals surface area (Å²) in [5, 5.41) is 0. The number of para-hydroxylation sites is 2. The molecule has 0 aliphatic heterocycles. The van der Waals surface area contributed by atoms with Crippen LogP contribution in [0.2, 0.25) is 0 Å². The number of hydrogen-bond acceptors (Lipinski definition) is 3. The number of benzene rings is 1. The molecule has 0 aliphatic rings. The van der Waals surface area contributed by atoms with Gasteiger partial charge in [-0.3, -0.25) is 4.79 Å². The van der Waals surface area contributed by atoms with E-state index in [1.54, 1.807) is 19.2 Å². The Bertz CT molecular complexity index is 580.